The normalized spacial score (nSPS) is 11.4. The van der Waals surface area contributed by atoms with Crippen LogP contribution in [0.15, 0.2) is 82.8 Å². The summed E-state index contributed by atoms with van der Waals surface area (Å²) in [5.41, 5.74) is 5.79. The van der Waals surface area contributed by atoms with E-state index >= 15 is 0 Å². The van der Waals surface area contributed by atoms with E-state index in [0.29, 0.717) is 5.69 Å². The third-order valence-electron chi connectivity index (χ3n) is 4.21. The molecular weight excluding hydrogens is 386 g/mol. The van der Waals surface area contributed by atoms with Gasteiger partial charge in [0.05, 0.1) is 16.8 Å². The molecule has 0 spiro atoms. The van der Waals surface area contributed by atoms with Crippen LogP contribution in [-0.4, -0.2) is 20.5 Å². The maximum absolute atomic E-state index is 12.7. The van der Waals surface area contributed by atoms with Crippen molar-refractivity contribution in [2.45, 2.75) is 18.7 Å². The Balaban J connectivity index is 1.75. The minimum atomic E-state index is -3.84. The fourth-order valence-corrected chi connectivity index (χ4v) is 3.88. The summed E-state index contributed by atoms with van der Waals surface area (Å²) in [5, 5.41) is 3.91. The van der Waals surface area contributed by atoms with Gasteiger partial charge in [0.2, 0.25) is 0 Å². The number of nitrogens with one attached hydrogen (secondary N) is 2. The first-order valence-corrected chi connectivity index (χ1v) is 10.4. The van der Waals surface area contributed by atoms with E-state index in [-0.39, 0.29) is 10.5 Å². The summed E-state index contributed by atoms with van der Waals surface area (Å²) in [6.07, 6.45) is 1.51. The van der Waals surface area contributed by atoms with Gasteiger partial charge in [0, 0.05) is 5.56 Å². The molecule has 0 saturated heterocycles. The number of hydrogen-bond donors (Lipinski definition) is 2. The van der Waals surface area contributed by atoms with Crippen molar-refractivity contribution in [3.8, 4) is 0 Å². The van der Waals surface area contributed by atoms with E-state index in [1.165, 1.54) is 30.5 Å². The van der Waals surface area contributed by atoms with Gasteiger partial charge >= 0.3 is 0 Å². The fourth-order valence-electron chi connectivity index (χ4n) is 2.71. The number of sulfonamides is 1. The van der Waals surface area contributed by atoms with Gasteiger partial charge in [-0.25, -0.2) is 13.8 Å². The second-order valence-electron chi connectivity index (χ2n) is 6.56. The molecule has 0 heterocycles. The molecule has 0 aliphatic carbocycles. The van der Waals surface area contributed by atoms with Crippen LogP contribution in [0.1, 0.15) is 27.0 Å². The molecule has 0 aromatic heterocycles. The number of nitrogens with zero attached hydrogens (tertiary/aromatic N) is 1. The molecule has 3 aromatic carbocycles. The highest BCUT2D eigenvalue weighted by Gasteiger charge is 2.17. The number of carbonyl (C=O) groups is 1. The largest absolute Gasteiger partial charge is 0.279 e. The van der Waals surface area contributed by atoms with Crippen molar-refractivity contribution >= 4 is 27.8 Å². The van der Waals surface area contributed by atoms with Gasteiger partial charge in [0.15, 0.2) is 0 Å². The zero-order valence-electron chi connectivity index (χ0n) is 16.1. The highest BCUT2D eigenvalue weighted by atomic mass is 32.2. The van der Waals surface area contributed by atoms with E-state index in [4.69, 9.17) is 0 Å². The van der Waals surface area contributed by atoms with Crippen LogP contribution in [0.4, 0.5) is 5.69 Å². The molecule has 0 fully saturated rings. The Hall–Kier alpha value is -3.45. The second kappa shape index (κ2) is 8.70. The number of amides is 1. The summed E-state index contributed by atoms with van der Waals surface area (Å²) in [5.74, 6) is -0.499. The van der Waals surface area contributed by atoms with Gasteiger partial charge in [-0.05, 0) is 49.2 Å². The third-order valence-corrected chi connectivity index (χ3v) is 5.58. The molecule has 0 atom stereocenters. The molecule has 0 radical (unpaired) electrons. The summed E-state index contributed by atoms with van der Waals surface area (Å²) >= 11 is 0. The molecule has 0 aliphatic heterocycles. The first kappa shape index (κ1) is 20.3. The average molecular weight is 407 g/mol. The van der Waals surface area contributed by atoms with Gasteiger partial charge in [-0.15, -0.1) is 0 Å². The third kappa shape index (κ3) is 5.30. The van der Waals surface area contributed by atoms with Crippen molar-refractivity contribution in [2.75, 3.05) is 4.72 Å². The van der Waals surface area contributed by atoms with Crippen LogP contribution in [0.2, 0.25) is 0 Å². The maximum atomic E-state index is 12.7. The van der Waals surface area contributed by atoms with Crippen LogP contribution < -0.4 is 10.1 Å². The van der Waals surface area contributed by atoms with Crippen molar-refractivity contribution in [1.82, 2.24) is 5.43 Å². The first-order valence-electron chi connectivity index (χ1n) is 8.94. The highest BCUT2D eigenvalue weighted by Crippen LogP contribution is 2.21. The topological polar surface area (TPSA) is 87.6 Å². The van der Waals surface area contributed by atoms with E-state index in [1.54, 1.807) is 6.07 Å². The number of anilines is 1. The molecule has 6 nitrogen and oxygen atoms in total. The molecule has 0 unspecified atom stereocenters. The number of benzene rings is 3. The van der Waals surface area contributed by atoms with Crippen LogP contribution >= 0.6 is 0 Å². The zero-order chi connectivity index (χ0) is 20.9. The molecule has 29 heavy (non-hydrogen) atoms. The summed E-state index contributed by atoms with van der Waals surface area (Å²) in [7, 11) is -3.84. The standard InChI is InChI=1S/C22H21N3O3S/c1-16-11-12-21(17(2)13-16)25-29(27,28)20-10-6-9-19(14-20)22(26)24-23-15-18-7-4-3-5-8-18/h3-15,25H,1-2H3,(H,24,26)/b23-15-. The maximum Gasteiger partial charge on any atom is 0.271 e. The van der Waals surface area contributed by atoms with E-state index in [0.717, 1.165) is 16.7 Å². The van der Waals surface area contributed by atoms with E-state index in [9.17, 15) is 13.2 Å². The van der Waals surface area contributed by atoms with Gasteiger partial charge in [0.25, 0.3) is 15.9 Å². The molecule has 0 bridgehead atoms. The van der Waals surface area contributed by atoms with Gasteiger partial charge in [-0.2, -0.15) is 5.10 Å². The van der Waals surface area contributed by atoms with Gasteiger partial charge in [0.1, 0.15) is 0 Å². The lowest BCUT2D eigenvalue weighted by Gasteiger charge is -2.12. The predicted octanol–water partition coefficient (Wildman–Crippen LogP) is 3.87. The van der Waals surface area contributed by atoms with Crippen molar-refractivity contribution in [2.24, 2.45) is 5.10 Å². The molecular formula is C22H21N3O3S. The Morgan fingerprint density at radius 2 is 1.69 bits per heavy atom. The Morgan fingerprint density at radius 1 is 0.931 bits per heavy atom. The quantitative estimate of drug-likeness (QED) is 0.480. The number of hydrazone groups is 1. The van der Waals surface area contributed by atoms with Crippen LogP contribution in [0.5, 0.6) is 0 Å². The van der Waals surface area contributed by atoms with Crippen molar-refractivity contribution < 1.29 is 13.2 Å². The summed E-state index contributed by atoms with van der Waals surface area (Å²) in [4.78, 5) is 12.3. The molecule has 7 heteroatoms. The lowest BCUT2D eigenvalue weighted by atomic mass is 10.1. The molecule has 0 aliphatic rings. The molecule has 148 valence electrons. The molecule has 3 aromatic rings. The minimum absolute atomic E-state index is 0.00263. The number of hydrogen-bond acceptors (Lipinski definition) is 4. The Labute approximate surface area is 170 Å². The van der Waals surface area contributed by atoms with E-state index < -0.39 is 15.9 Å². The van der Waals surface area contributed by atoms with Crippen LogP contribution in [0, 0.1) is 13.8 Å². The molecule has 1 amide bonds. The highest BCUT2D eigenvalue weighted by molar-refractivity contribution is 7.92. The van der Waals surface area contributed by atoms with Crippen molar-refractivity contribution in [3.63, 3.8) is 0 Å². The summed E-state index contributed by atoms with van der Waals surface area (Å²) in [6, 6.07) is 20.6. The second-order valence-corrected chi connectivity index (χ2v) is 8.24. The fraction of sp³-hybridized carbons (Fsp3) is 0.0909. The van der Waals surface area contributed by atoms with E-state index in [1.807, 2.05) is 56.3 Å². The van der Waals surface area contributed by atoms with Gasteiger partial charge in [-0.3, -0.25) is 9.52 Å². The SMILES string of the molecule is Cc1ccc(NS(=O)(=O)c2cccc(C(=O)N/N=C\c3ccccc3)c2)c(C)c1. The molecule has 3 rings (SSSR count). The Bertz CT molecular complexity index is 1160. The number of aryl methyl sites for hydroxylation is 2. The summed E-state index contributed by atoms with van der Waals surface area (Å²) < 4.78 is 28.1. The smallest absolute Gasteiger partial charge is 0.271 e. The lowest BCUT2D eigenvalue weighted by molar-refractivity contribution is 0.0955. The van der Waals surface area contributed by atoms with Crippen LogP contribution in [0.3, 0.4) is 0 Å². The van der Waals surface area contributed by atoms with Crippen molar-refractivity contribution in [1.29, 1.82) is 0 Å². The zero-order valence-corrected chi connectivity index (χ0v) is 16.9. The Morgan fingerprint density at radius 3 is 2.41 bits per heavy atom. The number of rotatable bonds is 6. The average Bonchev–Trinajstić information content (AvgIpc) is 2.71. The molecule has 2 N–H and O–H groups in total. The molecule has 0 saturated carbocycles. The van der Waals surface area contributed by atoms with Crippen molar-refractivity contribution in [3.05, 3.63) is 95.1 Å². The predicted molar refractivity (Wildman–Crippen MR) is 115 cm³/mol. The lowest BCUT2D eigenvalue weighted by Crippen LogP contribution is -2.19. The monoisotopic (exact) mass is 407 g/mol. The van der Waals surface area contributed by atoms with Crippen LogP contribution in [-0.2, 0) is 10.0 Å². The summed E-state index contributed by atoms with van der Waals surface area (Å²) in [6.45, 7) is 3.77. The van der Waals surface area contributed by atoms with Gasteiger partial charge in [-0.1, -0.05) is 54.1 Å². The van der Waals surface area contributed by atoms with Crippen LogP contribution in [0.25, 0.3) is 0 Å². The van der Waals surface area contributed by atoms with E-state index in [2.05, 4.69) is 15.2 Å². The Kier molecular flexibility index (Phi) is 6.09. The number of carbonyl (C=O) groups excluding carboxylic acids is 1. The first-order chi connectivity index (χ1) is 13.8. The minimum Gasteiger partial charge on any atom is -0.279 e. The van der Waals surface area contributed by atoms with Gasteiger partial charge < -0.3 is 0 Å².